The van der Waals surface area contributed by atoms with Crippen LogP contribution in [0.4, 0.5) is 0 Å². The molecule has 0 aliphatic heterocycles. The van der Waals surface area contributed by atoms with Crippen molar-refractivity contribution in [2.45, 2.75) is 6.54 Å². The maximum atomic E-state index is 8.49. The molecule has 2 aromatic carbocycles. The van der Waals surface area contributed by atoms with E-state index in [1.165, 1.54) is 16.7 Å². The summed E-state index contributed by atoms with van der Waals surface area (Å²) in [7, 11) is -4.94. The van der Waals surface area contributed by atoms with Gasteiger partial charge in [-0.3, -0.25) is 0 Å². The molecule has 1 aromatic heterocycles. The summed E-state index contributed by atoms with van der Waals surface area (Å²) < 4.78 is 36.2. The molecule has 0 aliphatic rings. The molecule has 0 fully saturated rings. The van der Waals surface area contributed by atoms with E-state index in [2.05, 4.69) is 77.6 Å². The predicted octanol–water partition coefficient (Wildman–Crippen LogP) is -1.07. The van der Waals surface area contributed by atoms with Crippen LogP contribution in [0.1, 0.15) is 5.56 Å². The highest BCUT2D eigenvalue weighted by Crippen LogP contribution is 2.16. The number of hydrogen-bond donors (Lipinski definition) is 0. The van der Waals surface area contributed by atoms with Crippen molar-refractivity contribution in [3.63, 3.8) is 0 Å². The van der Waals surface area contributed by atoms with Crippen LogP contribution < -0.4 is 23.2 Å². The third kappa shape index (κ3) is 6.87. The second-order valence-corrected chi connectivity index (χ2v) is 5.74. The molecule has 0 N–H and O–H groups in total. The fraction of sp³-hybridized carbons (Fsp3) is 0.0556. The van der Waals surface area contributed by atoms with Gasteiger partial charge in [0.05, 0.1) is 0 Å². The molecule has 3 aromatic rings. The lowest BCUT2D eigenvalue weighted by molar-refractivity contribution is -2.00. The van der Waals surface area contributed by atoms with Crippen LogP contribution in [0.15, 0.2) is 85.2 Å². The van der Waals surface area contributed by atoms with Gasteiger partial charge in [0, 0.05) is 17.7 Å². The van der Waals surface area contributed by atoms with Gasteiger partial charge in [-0.2, -0.15) is 0 Å². The normalized spacial score (nSPS) is 10.7. The smallest absolute Gasteiger partial charge is 0.173 e. The van der Waals surface area contributed by atoms with E-state index in [4.69, 9.17) is 18.6 Å². The first-order chi connectivity index (χ1) is 11.4. The van der Waals surface area contributed by atoms with E-state index in [1.54, 1.807) is 0 Å². The van der Waals surface area contributed by atoms with Crippen LogP contribution in [0.25, 0.3) is 11.1 Å². The zero-order valence-corrected chi connectivity index (χ0v) is 13.5. The average molecular weight is 346 g/mol. The van der Waals surface area contributed by atoms with Crippen LogP contribution in [-0.2, 0) is 6.54 Å². The number of aromatic nitrogens is 1. The predicted molar refractivity (Wildman–Crippen MR) is 77.6 cm³/mol. The van der Waals surface area contributed by atoms with Gasteiger partial charge in [-0.25, -0.2) is 23.2 Å². The highest BCUT2D eigenvalue weighted by molar-refractivity contribution is 5.61. The molecule has 0 spiro atoms. The van der Waals surface area contributed by atoms with Gasteiger partial charge >= 0.3 is 0 Å². The van der Waals surface area contributed by atoms with Gasteiger partial charge < -0.3 is 0 Å². The number of nitrogens with zero attached hydrogens (tertiary/aromatic N) is 1. The maximum absolute atomic E-state index is 8.49. The topological polar surface area (TPSA) is 96.1 Å². The van der Waals surface area contributed by atoms with Gasteiger partial charge in [0.2, 0.25) is 0 Å². The summed E-state index contributed by atoms with van der Waals surface area (Å²) in [5, 5.41) is 0. The lowest BCUT2D eigenvalue weighted by Gasteiger charge is -2.17. The molecule has 124 valence electrons. The van der Waals surface area contributed by atoms with Gasteiger partial charge in [-0.1, -0.05) is 60.7 Å². The Morgan fingerprint density at radius 1 is 0.625 bits per heavy atom. The lowest BCUT2D eigenvalue weighted by Crippen LogP contribution is -2.68. The summed E-state index contributed by atoms with van der Waals surface area (Å²) >= 11 is 0. The zero-order valence-electron chi connectivity index (χ0n) is 12.7. The third-order valence-electron chi connectivity index (χ3n) is 3.21. The molecule has 3 rings (SSSR count). The summed E-state index contributed by atoms with van der Waals surface area (Å²) in [6, 6.07) is 25.3. The molecule has 24 heavy (non-hydrogen) atoms. The first kappa shape index (κ1) is 18.1. The van der Waals surface area contributed by atoms with Crippen molar-refractivity contribution >= 4 is 0 Å². The van der Waals surface area contributed by atoms with Gasteiger partial charge in [0.15, 0.2) is 18.9 Å². The SMILES string of the molecule is [O-][Cl+3]([O-])([O-])[O-].c1ccc(C[n+]2ccc(-c3ccccc3)cc2)cc1. The minimum Gasteiger partial charge on any atom is -0.222 e. The van der Waals surface area contributed by atoms with E-state index in [1.807, 2.05) is 12.1 Å². The fourth-order valence-corrected chi connectivity index (χ4v) is 2.18. The summed E-state index contributed by atoms with van der Waals surface area (Å²) in [6.45, 7) is 0.913. The standard InChI is InChI=1S/C18H16N.ClHO4/c1-3-7-16(8-4-1)15-19-13-11-18(12-14-19)17-9-5-2-6-10-17;2-1(3,4)5/h1-14H,15H2;(H,2,3,4,5)/q+1;/p-1. The Hall–Kier alpha value is -2.28. The minimum atomic E-state index is -4.94. The van der Waals surface area contributed by atoms with Crippen molar-refractivity contribution < 1.29 is 33.4 Å². The molecular weight excluding hydrogens is 330 g/mol. The molecule has 6 heteroatoms. The number of hydrogen-bond acceptors (Lipinski definition) is 4. The zero-order chi connectivity index (χ0) is 17.4. The summed E-state index contributed by atoms with van der Waals surface area (Å²) in [6.07, 6.45) is 4.27. The van der Waals surface area contributed by atoms with E-state index >= 15 is 0 Å². The molecule has 0 saturated heterocycles. The minimum absolute atomic E-state index is 0.913. The van der Waals surface area contributed by atoms with E-state index < -0.39 is 10.2 Å². The lowest BCUT2D eigenvalue weighted by atomic mass is 10.1. The van der Waals surface area contributed by atoms with Gasteiger partial charge in [-0.05, 0) is 11.1 Å². The molecule has 1 heterocycles. The first-order valence-electron chi connectivity index (χ1n) is 7.12. The summed E-state index contributed by atoms with van der Waals surface area (Å²) in [5.74, 6) is 0. The highest BCUT2D eigenvalue weighted by Gasteiger charge is 2.03. The van der Waals surface area contributed by atoms with Crippen LogP contribution in [0.2, 0.25) is 0 Å². The number of halogens is 1. The van der Waals surface area contributed by atoms with Gasteiger partial charge in [0.25, 0.3) is 0 Å². The molecule has 0 saturated carbocycles. The maximum Gasteiger partial charge on any atom is 0.173 e. The first-order valence-corrected chi connectivity index (χ1v) is 8.35. The van der Waals surface area contributed by atoms with Crippen molar-refractivity contribution in [3.05, 3.63) is 90.8 Å². The van der Waals surface area contributed by atoms with Crippen molar-refractivity contribution in [3.8, 4) is 11.1 Å². The van der Waals surface area contributed by atoms with Crippen LogP contribution in [-0.4, -0.2) is 0 Å². The average Bonchev–Trinajstić information content (AvgIpc) is 2.56. The third-order valence-corrected chi connectivity index (χ3v) is 3.21. The van der Waals surface area contributed by atoms with Crippen molar-refractivity contribution in [1.82, 2.24) is 0 Å². The highest BCUT2D eigenvalue weighted by atomic mass is 35.7. The van der Waals surface area contributed by atoms with E-state index in [0.29, 0.717) is 0 Å². The van der Waals surface area contributed by atoms with Crippen LogP contribution in [0.5, 0.6) is 0 Å². The molecule has 0 unspecified atom stereocenters. The Kier molecular flexibility index (Phi) is 6.43. The molecule has 0 aliphatic carbocycles. The van der Waals surface area contributed by atoms with Crippen LogP contribution in [0.3, 0.4) is 0 Å². The second kappa shape index (κ2) is 8.54. The van der Waals surface area contributed by atoms with E-state index in [9.17, 15) is 0 Å². The molecule has 0 radical (unpaired) electrons. The van der Waals surface area contributed by atoms with E-state index in [0.717, 1.165) is 6.54 Å². The quantitative estimate of drug-likeness (QED) is 0.565. The van der Waals surface area contributed by atoms with Crippen LogP contribution >= 0.6 is 0 Å². The Balaban J connectivity index is 0.000000368. The molecule has 0 atom stereocenters. The Bertz CT molecular complexity index is 722. The fourth-order valence-electron chi connectivity index (χ4n) is 2.18. The Morgan fingerprint density at radius 3 is 1.54 bits per heavy atom. The summed E-state index contributed by atoms with van der Waals surface area (Å²) in [4.78, 5) is 0. The van der Waals surface area contributed by atoms with Crippen LogP contribution in [0, 0.1) is 10.2 Å². The van der Waals surface area contributed by atoms with Crippen molar-refractivity contribution in [2.75, 3.05) is 0 Å². The molecule has 0 bridgehead atoms. The summed E-state index contributed by atoms with van der Waals surface area (Å²) in [5.41, 5.74) is 3.83. The number of benzene rings is 2. The van der Waals surface area contributed by atoms with Crippen molar-refractivity contribution in [2.24, 2.45) is 0 Å². The number of pyridine rings is 1. The van der Waals surface area contributed by atoms with E-state index in [-0.39, 0.29) is 0 Å². The van der Waals surface area contributed by atoms with Crippen molar-refractivity contribution in [1.29, 1.82) is 0 Å². The Morgan fingerprint density at radius 2 is 1.04 bits per heavy atom. The number of rotatable bonds is 3. The monoisotopic (exact) mass is 345 g/mol. The Labute approximate surface area is 142 Å². The largest absolute Gasteiger partial charge is 0.222 e. The molecule has 5 nitrogen and oxygen atoms in total. The second-order valence-electron chi connectivity index (χ2n) is 4.99. The molecule has 0 amide bonds. The molecular formula is C18H16ClNO4. The van der Waals surface area contributed by atoms with Gasteiger partial charge in [-0.15, -0.1) is 10.2 Å². The van der Waals surface area contributed by atoms with Gasteiger partial charge in [0.1, 0.15) is 0 Å².